The summed E-state index contributed by atoms with van der Waals surface area (Å²) in [5.74, 6) is 0.143. The minimum Gasteiger partial charge on any atom is -0.440 e. The average Bonchev–Trinajstić information content (AvgIpc) is 3.10. The van der Waals surface area contributed by atoms with E-state index in [1.165, 1.54) is 0 Å². The summed E-state index contributed by atoms with van der Waals surface area (Å²) in [6.45, 7) is 9.91. The molecule has 0 aliphatic heterocycles. The lowest BCUT2D eigenvalue weighted by Crippen LogP contribution is -2.47. The van der Waals surface area contributed by atoms with E-state index in [1.807, 2.05) is 65.0 Å². The number of fused-ring (bicyclic) bond motifs is 1. The number of hydrogen-bond acceptors (Lipinski definition) is 4. The summed E-state index contributed by atoms with van der Waals surface area (Å²) in [6, 6.07) is 14.2. The van der Waals surface area contributed by atoms with E-state index in [-0.39, 0.29) is 29.6 Å². The highest BCUT2D eigenvalue weighted by Gasteiger charge is 2.25. The molecule has 0 bridgehead atoms. The minimum atomic E-state index is -0.639. The van der Waals surface area contributed by atoms with Crippen molar-refractivity contribution in [2.24, 2.45) is 5.92 Å². The number of amides is 2. The van der Waals surface area contributed by atoms with Crippen LogP contribution in [0.3, 0.4) is 0 Å². The second-order valence-electron chi connectivity index (χ2n) is 8.89. The molecular formula is C24H29N3O3. The molecule has 1 heterocycles. The Kier molecular flexibility index (Phi) is 6.25. The summed E-state index contributed by atoms with van der Waals surface area (Å²) in [7, 11) is 0. The van der Waals surface area contributed by atoms with Crippen molar-refractivity contribution in [2.75, 3.05) is 5.32 Å². The Labute approximate surface area is 177 Å². The Bertz CT molecular complexity index is 1030. The van der Waals surface area contributed by atoms with E-state index in [0.717, 1.165) is 5.56 Å². The number of anilines is 1. The van der Waals surface area contributed by atoms with Crippen molar-refractivity contribution in [3.8, 4) is 0 Å². The van der Waals surface area contributed by atoms with Gasteiger partial charge in [0.1, 0.15) is 11.6 Å². The van der Waals surface area contributed by atoms with Crippen LogP contribution in [0.2, 0.25) is 0 Å². The number of aromatic nitrogens is 1. The maximum absolute atomic E-state index is 12.9. The van der Waals surface area contributed by atoms with Crippen molar-refractivity contribution in [3.63, 3.8) is 0 Å². The molecule has 0 saturated carbocycles. The van der Waals surface area contributed by atoms with E-state index in [2.05, 4.69) is 15.6 Å². The molecule has 0 saturated heterocycles. The molecule has 0 aliphatic rings. The van der Waals surface area contributed by atoms with E-state index in [1.54, 1.807) is 18.2 Å². The van der Waals surface area contributed by atoms with Gasteiger partial charge in [0.2, 0.25) is 17.7 Å². The van der Waals surface area contributed by atoms with Crippen LogP contribution in [0.5, 0.6) is 0 Å². The zero-order valence-corrected chi connectivity index (χ0v) is 18.2. The van der Waals surface area contributed by atoms with Gasteiger partial charge in [0.25, 0.3) is 0 Å². The molecule has 0 spiro atoms. The Hall–Kier alpha value is -3.15. The first kappa shape index (κ1) is 21.6. The van der Waals surface area contributed by atoms with E-state index < -0.39 is 6.04 Å². The third kappa shape index (κ3) is 5.26. The van der Waals surface area contributed by atoms with E-state index in [9.17, 15) is 9.59 Å². The Morgan fingerprint density at radius 1 is 1.07 bits per heavy atom. The molecule has 2 amide bonds. The fourth-order valence-corrected chi connectivity index (χ4v) is 3.09. The highest BCUT2D eigenvalue weighted by Crippen LogP contribution is 2.27. The number of oxazole rings is 1. The quantitative estimate of drug-likeness (QED) is 0.632. The van der Waals surface area contributed by atoms with Crippen LogP contribution >= 0.6 is 0 Å². The van der Waals surface area contributed by atoms with Gasteiger partial charge in [0.05, 0.1) is 6.42 Å². The van der Waals surface area contributed by atoms with Crippen LogP contribution in [0.1, 0.15) is 46.1 Å². The van der Waals surface area contributed by atoms with Crippen LogP contribution in [0, 0.1) is 5.92 Å². The molecular weight excluding hydrogens is 378 g/mol. The molecule has 1 atom stereocenters. The van der Waals surface area contributed by atoms with Crippen molar-refractivity contribution in [1.29, 1.82) is 0 Å². The lowest BCUT2D eigenvalue weighted by Gasteiger charge is -2.21. The lowest BCUT2D eigenvalue weighted by molar-refractivity contribution is -0.127. The molecule has 6 nitrogen and oxygen atoms in total. The molecule has 3 rings (SSSR count). The Balaban J connectivity index is 1.70. The second-order valence-corrected chi connectivity index (χ2v) is 8.89. The third-order valence-corrected chi connectivity index (χ3v) is 4.77. The number of rotatable bonds is 6. The van der Waals surface area contributed by atoms with E-state index >= 15 is 0 Å². The molecule has 3 aromatic rings. The standard InChI is InChI=1S/C24H29N3O3/c1-15(2)21(27-20(28)13-16-9-7-6-8-10-16)22(29)25-17-11-12-19-18(14-17)26-23(30-19)24(3,4)5/h6-12,14-15,21H,13H2,1-5H3,(H,25,29)(H,27,28). The maximum atomic E-state index is 12.9. The number of hydrogen-bond donors (Lipinski definition) is 2. The van der Waals surface area contributed by atoms with Gasteiger partial charge in [-0.05, 0) is 29.7 Å². The van der Waals surface area contributed by atoms with Crippen molar-refractivity contribution in [2.45, 2.75) is 52.5 Å². The molecule has 158 valence electrons. The smallest absolute Gasteiger partial charge is 0.247 e. The van der Waals surface area contributed by atoms with Gasteiger partial charge in [0, 0.05) is 11.1 Å². The van der Waals surface area contributed by atoms with Crippen molar-refractivity contribution in [3.05, 3.63) is 60.0 Å². The van der Waals surface area contributed by atoms with Gasteiger partial charge in [-0.15, -0.1) is 0 Å². The number of nitrogens with one attached hydrogen (secondary N) is 2. The van der Waals surface area contributed by atoms with Crippen LogP contribution in [-0.4, -0.2) is 22.8 Å². The first-order chi connectivity index (χ1) is 14.1. The SMILES string of the molecule is CC(C)C(NC(=O)Cc1ccccc1)C(=O)Nc1ccc2oc(C(C)(C)C)nc2c1. The highest BCUT2D eigenvalue weighted by molar-refractivity contribution is 5.98. The number of benzene rings is 2. The van der Waals surface area contributed by atoms with Gasteiger partial charge in [-0.3, -0.25) is 9.59 Å². The van der Waals surface area contributed by atoms with Crippen molar-refractivity contribution < 1.29 is 14.0 Å². The lowest BCUT2D eigenvalue weighted by atomic mass is 9.97. The van der Waals surface area contributed by atoms with Crippen LogP contribution in [0.4, 0.5) is 5.69 Å². The molecule has 1 aromatic heterocycles. The summed E-state index contributed by atoms with van der Waals surface area (Å²) >= 11 is 0. The minimum absolute atomic E-state index is 0.0620. The molecule has 1 unspecified atom stereocenters. The first-order valence-corrected chi connectivity index (χ1v) is 10.2. The topological polar surface area (TPSA) is 84.2 Å². The van der Waals surface area contributed by atoms with E-state index in [0.29, 0.717) is 22.7 Å². The monoisotopic (exact) mass is 407 g/mol. The number of carbonyl (C=O) groups is 2. The number of carbonyl (C=O) groups excluding carboxylic acids is 2. The van der Waals surface area contributed by atoms with Crippen molar-refractivity contribution >= 4 is 28.6 Å². The third-order valence-electron chi connectivity index (χ3n) is 4.77. The van der Waals surface area contributed by atoms with E-state index in [4.69, 9.17) is 4.42 Å². The van der Waals surface area contributed by atoms with Gasteiger partial charge in [-0.2, -0.15) is 0 Å². The zero-order chi connectivity index (χ0) is 21.9. The molecule has 2 aromatic carbocycles. The summed E-state index contributed by atoms with van der Waals surface area (Å²) in [5.41, 5.74) is 2.68. The molecule has 2 N–H and O–H groups in total. The summed E-state index contributed by atoms with van der Waals surface area (Å²) in [5, 5.41) is 5.76. The molecule has 30 heavy (non-hydrogen) atoms. The van der Waals surface area contributed by atoms with Crippen LogP contribution in [0.15, 0.2) is 52.9 Å². The summed E-state index contributed by atoms with van der Waals surface area (Å²) < 4.78 is 5.81. The van der Waals surface area contributed by atoms with Gasteiger partial charge >= 0.3 is 0 Å². The van der Waals surface area contributed by atoms with Crippen LogP contribution in [-0.2, 0) is 21.4 Å². The highest BCUT2D eigenvalue weighted by atomic mass is 16.3. The zero-order valence-electron chi connectivity index (χ0n) is 18.2. The van der Waals surface area contributed by atoms with Gasteiger partial charge in [-0.25, -0.2) is 4.98 Å². The predicted molar refractivity (Wildman–Crippen MR) is 118 cm³/mol. The fourth-order valence-electron chi connectivity index (χ4n) is 3.09. The maximum Gasteiger partial charge on any atom is 0.247 e. The number of nitrogens with zero attached hydrogens (tertiary/aromatic N) is 1. The summed E-state index contributed by atoms with van der Waals surface area (Å²) in [4.78, 5) is 29.9. The van der Waals surface area contributed by atoms with Gasteiger partial charge < -0.3 is 15.1 Å². The molecule has 6 heteroatoms. The van der Waals surface area contributed by atoms with Gasteiger partial charge in [0.15, 0.2) is 5.58 Å². The van der Waals surface area contributed by atoms with Gasteiger partial charge in [-0.1, -0.05) is 65.0 Å². The van der Waals surface area contributed by atoms with Crippen LogP contribution in [0.25, 0.3) is 11.1 Å². The molecule has 0 aliphatic carbocycles. The van der Waals surface area contributed by atoms with Crippen LogP contribution < -0.4 is 10.6 Å². The Morgan fingerprint density at radius 2 is 1.77 bits per heavy atom. The molecule has 0 radical (unpaired) electrons. The Morgan fingerprint density at radius 3 is 2.40 bits per heavy atom. The normalized spacial score (nSPS) is 12.7. The first-order valence-electron chi connectivity index (χ1n) is 10.2. The average molecular weight is 408 g/mol. The fraction of sp³-hybridized carbons (Fsp3) is 0.375. The summed E-state index contributed by atoms with van der Waals surface area (Å²) in [6.07, 6.45) is 0.234. The largest absolute Gasteiger partial charge is 0.440 e. The van der Waals surface area contributed by atoms with Crippen molar-refractivity contribution in [1.82, 2.24) is 10.3 Å². The predicted octanol–water partition coefficient (Wildman–Crippen LogP) is 4.45. The molecule has 0 fully saturated rings. The second kappa shape index (κ2) is 8.69.